The number of unbranched alkanes of at least 4 members (excludes halogenated alkanes) is 2. The number of hydrogen-bond acceptors (Lipinski definition) is 7. The monoisotopic (exact) mass is 428 g/mol. The van der Waals surface area contributed by atoms with E-state index in [0.717, 1.165) is 25.7 Å². The van der Waals surface area contributed by atoms with Crippen molar-refractivity contribution in [3.8, 4) is 0 Å². The van der Waals surface area contributed by atoms with Crippen molar-refractivity contribution in [1.82, 2.24) is 9.88 Å². The first kappa shape index (κ1) is 22.7. The van der Waals surface area contributed by atoms with E-state index in [1.807, 2.05) is 19.1 Å². The van der Waals surface area contributed by atoms with Gasteiger partial charge in [0.15, 0.2) is 10.0 Å². The highest BCUT2D eigenvalue weighted by molar-refractivity contribution is 8.01. The smallest absolute Gasteiger partial charge is 0.410 e. The average molecular weight is 429 g/mol. The van der Waals surface area contributed by atoms with Crippen molar-refractivity contribution in [3.05, 3.63) is 23.2 Å². The highest BCUT2D eigenvalue weighted by Gasteiger charge is 2.36. The number of aromatic nitrogens is 1. The van der Waals surface area contributed by atoms with Crippen molar-refractivity contribution in [2.75, 3.05) is 12.3 Å². The predicted molar refractivity (Wildman–Crippen MR) is 110 cm³/mol. The Labute approximate surface area is 173 Å². The number of aliphatic hydroxyl groups excluding tert-OH is 1. The Morgan fingerprint density at radius 3 is 2.96 bits per heavy atom. The van der Waals surface area contributed by atoms with E-state index in [4.69, 9.17) is 9.84 Å². The zero-order valence-corrected chi connectivity index (χ0v) is 17.9. The average Bonchev–Trinajstić information content (AvgIpc) is 3.21. The van der Waals surface area contributed by atoms with Crippen molar-refractivity contribution in [1.29, 1.82) is 0 Å². The van der Waals surface area contributed by atoms with Crippen molar-refractivity contribution in [2.24, 2.45) is 0 Å². The van der Waals surface area contributed by atoms with Crippen LogP contribution in [0.3, 0.4) is 0 Å². The number of thioether (sulfide) groups is 1. The Morgan fingerprint density at radius 2 is 2.29 bits per heavy atom. The van der Waals surface area contributed by atoms with E-state index in [1.165, 1.54) is 28.5 Å². The van der Waals surface area contributed by atoms with Gasteiger partial charge < -0.3 is 14.9 Å². The van der Waals surface area contributed by atoms with Gasteiger partial charge in [-0.05, 0) is 19.8 Å². The van der Waals surface area contributed by atoms with E-state index < -0.39 is 5.97 Å². The molecule has 9 heteroatoms. The van der Waals surface area contributed by atoms with Gasteiger partial charge in [0.1, 0.15) is 6.10 Å². The number of carboxylic acids is 1. The molecule has 0 spiro atoms. The van der Waals surface area contributed by atoms with Gasteiger partial charge in [-0.25, -0.2) is 14.6 Å². The van der Waals surface area contributed by atoms with E-state index in [9.17, 15) is 14.7 Å². The van der Waals surface area contributed by atoms with Crippen LogP contribution in [0.25, 0.3) is 0 Å². The molecule has 7 nitrogen and oxygen atoms in total. The van der Waals surface area contributed by atoms with Gasteiger partial charge in [0.2, 0.25) is 0 Å². The summed E-state index contributed by atoms with van der Waals surface area (Å²) in [6.45, 7) is 4.47. The molecule has 28 heavy (non-hydrogen) atoms. The first-order chi connectivity index (χ1) is 13.4. The molecule has 1 fully saturated rings. The Morgan fingerprint density at radius 1 is 1.50 bits per heavy atom. The number of hydrogen-bond donors (Lipinski definition) is 2. The number of carboxylic acid groups (broad SMARTS) is 1. The van der Waals surface area contributed by atoms with E-state index in [1.54, 1.807) is 4.90 Å². The predicted octanol–water partition coefficient (Wildman–Crippen LogP) is 4.03. The molecule has 1 aromatic heterocycles. The SMILES string of the molecule is CCCCCC(O)CC=C[C@H]1[C@H](C)OC(=O)N1CCSc1nc(C(=O)O)cs1. The van der Waals surface area contributed by atoms with Crippen LogP contribution in [0.1, 0.15) is 56.4 Å². The van der Waals surface area contributed by atoms with Crippen LogP contribution in [0.4, 0.5) is 4.79 Å². The molecule has 1 saturated heterocycles. The molecule has 1 unspecified atom stereocenters. The highest BCUT2D eigenvalue weighted by Crippen LogP contribution is 2.25. The van der Waals surface area contributed by atoms with Crippen LogP contribution in [-0.2, 0) is 4.74 Å². The second-order valence-electron chi connectivity index (χ2n) is 6.74. The first-order valence-electron chi connectivity index (χ1n) is 9.56. The zero-order valence-electron chi connectivity index (χ0n) is 16.2. The lowest BCUT2D eigenvalue weighted by atomic mass is 10.1. The third kappa shape index (κ3) is 6.79. The molecule has 1 amide bonds. The second-order valence-corrected chi connectivity index (χ2v) is 8.94. The summed E-state index contributed by atoms with van der Waals surface area (Å²) >= 11 is 2.70. The minimum absolute atomic E-state index is 0.0417. The summed E-state index contributed by atoms with van der Waals surface area (Å²) in [5, 5.41) is 20.5. The van der Waals surface area contributed by atoms with Crippen LogP contribution in [0.2, 0.25) is 0 Å². The molecule has 2 heterocycles. The summed E-state index contributed by atoms with van der Waals surface area (Å²) in [6, 6.07) is -0.165. The molecular formula is C19H28N2O5S2. The summed E-state index contributed by atoms with van der Waals surface area (Å²) in [5.41, 5.74) is 0.0417. The molecule has 156 valence electrons. The molecule has 2 rings (SSSR count). The van der Waals surface area contributed by atoms with E-state index in [2.05, 4.69) is 11.9 Å². The van der Waals surface area contributed by atoms with Crippen LogP contribution in [0.15, 0.2) is 21.9 Å². The molecule has 1 aliphatic rings. The number of thiazole rings is 1. The number of aromatic carboxylic acids is 1. The summed E-state index contributed by atoms with van der Waals surface area (Å²) in [4.78, 5) is 28.7. The molecule has 1 aliphatic heterocycles. The lowest BCUT2D eigenvalue weighted by Crippen LogP contribution is -2.36. The van der Waals surface area contributed by atoms with E-state index >= 15 is 0 Å². The van der Waals surface area contributed by atoms with Gasteiger partial charge in [0, 0.05) is 17.7 Å². The van der Waals surface area contributed by atoms with Gasteiger partial charge in [0.05, 0.1) is 12.1 Å². The number of rotatable bonds is 12. The minimum Gasteiger partial charge on any atom is -0.476 e. The molecule has 0 saturated carbocycles. The first-order valence-corrected chi connectivity index (χ1v) is 11.4. The number of ether oxygens (including phenoxy) is 1. The quantitative estimate of drug-likeness (QED) is 0.294. The molecule has 0 aliphatic carbocycles. The number of aliphatic hydroxyl groups is 1. The van der Waals surface area contributed by atoms with Gasteiger partial charge in [-0.3, -0.25) is 4.90 Å². The van der Waals surface area contributed by atoms with Crippen LogP contribution in [0.5, 0.6) is 0 Å². The lowest BCUT2D eigenvalue weighted by molar-refractivity contribution is 0.0690. The van der Waals surface area contributed by atoms with Gasteiger partial charge >= 0.3 is 12.1 Å². The lowest BCUT2D eigenvalue weighted by Gasteiger charge is -2.20. The molecular weight excluding hydrogens is 400 g/mol. The Hall–Kier alpha value is -1.58. The van der Waals surface area contributed by atoms with E-state index in [0.29, 0.717) is 23.1 Å². The highest BCUT2D eigenvalue weighted by atomic mass is 32.2. The van der Waals surface area contributed by atoms with Gasteiger partial charge in [-0.1, -0.05) is 50.1 Å². The molecule has 0 radical (unpaired) electrons. The van der Waals surface area contributed by atoms with Crippen LogP contribution in [0, 0.1) is 0 Å². The fourth-order valence-corrected chi connectivity index (χ4v) is 4.76. The Balaban J connectivity index is 1.82. The second kappa shape index (κ2) is 11.4. The van der Waals surface area contributed by atoms with Crippen LogP contribution < -0.4 is 0 Å². The summed E-state index contributed by atoms with van der Waals surface area (Å²) < 4.78 is 6.00. The summed E-state index contributed by atoms with van der Waals surface area (Å²) in [6.07, 6.45) is 7.57. The number of amides is 1. The maximum absolute atomic E-state index is 12.1. The molecule has 1 aromatic rings. The standard InChI is InChI=1S/C19H28N2O5S2/c1-3-4-5-7-14(22)8-6-9-16-13(2)26-19(25)21(16)10-11-27-18-20-15(12-28-18)17(23)24/h6,9,12-14,16,22H,3-5,7-8,10-11H2,1-2H3,(H,23,24)/t13-,14?,16-/m0/s1. The number of nitrogens with zero attached hydrogens (tertiary/aromatic N) is 2. The molecule has 3 atom stereocenters. The van der Waals surface area contributed by atoms with Gasteiger partial charge in [-0.15, -0.1) is 11.3 Å². The largest absolute Gasteiger partial charge is 0.476 e. The fraction of sp³-hybridized carbons (Fsp3) is 0.632. The molecule has 0 bridgehead atoms. The Bertz CT molecular complexity index is 679. The van der Waals surface area contributed by atoms with Crippen molar-refractivity contribution >= 4 is 35.2 Å². The topological polar surface area (TPSA) is 100.0 Å². The zero-order chi connectivity index (χ0) is 20.5. The molecule has 2 N–H and O–H groups in total. The van der Waals surface area contributed by atoms with E-state index in [-0.39, 0.29) is 30.0 Å². The third-order valence-corrected chi connectivity index (χ3v) is 6.51. The maximum Gasteiger partial charge on any atom is 0.410 e. The minimum atomic E-state index is -1.04. The number of cyclic esters (lactones) is 1. The maximum atomic E-state index is 12.1. The fourth-order valence-electron chi connectivity index (χ4n) is 2.95. The number of carbonyl (C=O) groups excluding carboxylic acids is 1. The van der Waals surface area contributed by atoms with Crippen LogP contribution >= 0.6 is 23.1 Å². The normalized spacial score (nSPS) is 20.7. The van der Waals surface area contributed by atoms with Crippen LogP contribution in [-0.4, -0.2) is 62.7 Å². The van der Waals surface area contributed by atoms with Gasteiger partial charge in [0.25, 0.3) is 0 Å². The van der Waals surface area contributed by atoms with Crippen molar-refractivity contribution in [2.45, 2.75) is 68.5 Å². The summed E-state index contributed by atoms with van der Waals surface area (Å²) in [7, 11) is 0. The van der Waals surface area contributed by atoms with Crippen molar-refractivity contribution < 1.29 is 24.5 Å². The number of carbonyl (C=O) groups is 2. The molecule has 0 aromatic carbocycles. The summed E-state index contributed by atoms with van der Waals surface area (Å²) in [5.74, 6) is -0.444. The van der Waals surface area contributed by atoms with Crippen molar-refractivity contribution in [3.63, 3.8) is 0 Å². The Kier molecular flexibility index (Phi) is 9.27. The third-order valence-electron chi connectivity index (χ3n) is 4.50. The van der Waals surface area contributed by atoms with Gasteiger partial charge in [-0.2, -0.15) is 0 Å².